The Morgan fingerprint density at radius 1 is 0.960 bits per heavy atom. The molecule has 0 saturated heterocycles. The van der Waals surface area contributed by atoms with Crippen LogP contribution in [0.3, 0.4) is 0 Å². The molecule has 0 radical (unpaired) electrons. The van der Waals surface area contributed by atoms with Crippen molar-refractivity contribution in [3.8, 4) is 22.9 Å². The molecule has 1 N–H and O–H groups in total. The van der Waals surface area contributed by atoms with E-state index in [2.05, 4.69) is 20.5 Å². The monoisotopic (exact) mass is 336 g/mol. The van der Waals surface area contributed by atoms with Crippen molar-refractivity contribution in [3.05, 3.63) is 60.3 Å². The zero-order valence-corrected chi connectivity index (χ0v) is 13.8. The molecule has 126 valence electrons. The lowest BCUT2D eigenvalue weighted by Gasteiger charge is -2.06. The molecule has 0 bridgehead atoms. The second-order valence-electron chi connectivity index (χ2n) is 5.07. The quantitative estimate of drug-likeness (QED) is 0.771. The van der Waals surface area contributed by atoms with Gasteiger partial charge < -0.3 is 14.8 Å². The minimum absolute atomic E-state index is 0.313. The fourth-order valence-corrected chi connectivity index (χ4v) is 2.17. The van der Waals surface area contributed by atoms with Crippen molar-refractivity contribution < 1.29 is 14.3 Å². The number of nitrogens with zero attached hydrogens (tertiary/aromatic N) is 3. The first kappa shape index (κ1) is 16.4. The van der Waals surface area contributed by atoms with Crippen LogP contribution in [0.15, 0.2) is 54.7 Å². The Hall–Kier alpha value is -3.48. The topological polar surface area (TPSA) is 86.2 Å². The molecule has 0 aliphatic heterocycles. The van der Waals surface area contributed by atoms with Crippen LogP contribution in [-0.2, 0) is 0 Å². The number of nitrogens with one attached hydrogen (secondary N) is 1. The van der Waals surface area contributed by atoms with Gasteiger partial charge in [0.15, 0.2) is 5.82 Å². The molecule has 2 heterocycles. The molecule has 0 fully saturated rings. The maximum atomic E-state index is 12.2. The van der Waals surface area contributed by atoms with Gasteiger partial charge in [-0.15, -0.1) is 10.2 Å². The third-order valence-electron chi connectivity index (χ3n) is 3.50. The van der Waals surface area contributed by atoms with E-state index in [0.717, 1.165) is 11.3 Å². The van der Waals surface area contributed by atoms with Crippen LogP contribution in [0, 0.1) is 0 Å². The zero-order chi connectivity index (χ0) is 17.6. The summed E-state index contributed by atoms with van der Waals surface area (Å²) in [7, 11) is 3.11. The minimum Gasteiger partial charge on any atom is -0.497 e. The van der Waals surface area contributed by atoms with E-state index < -0.39 is 0 Å². The molecule has 0 aliphatic rings. The maximum absolute atomic E-state index is 12.2. The van der Waals surface area contributed by atoms with Gasteiger partial charge in [0.1, 0.15) is 5.75 Å². The third-order valence-corrected chi connectivity index (χ3v) is 3.50. The Morgan fingerprint density at radius 2 is 1.76 bits per heavy atom. The highest BCUT2D eigenvalue weighted by atomic mass is 16.5. The van der Waals surface area contributed by atoms with Crippen LogP contribution in [0.1, 0.15) is 10.4 Å². The van der Waals surface area contributed by atoms with Gasteiger partial charge in [0, 0.05) is 23.4 Å². The lowest BCUT2D eigenvalue weighted by molar-refractivity contribution is 0.102. The molecule has 25 heavy (non-hydrogen) atoms. The number of rotatable bonds is 5. The second-order valence-corrected chi connectivity index (χ2v) is 5.07. The number of ether oxygens (including phenoxy) is 2. The fourth-order valence-electron chi connectivity index (χ4n) is 2.17. The summed E-state index contributed by atoms with van der Waals surface area (Å²) in [6.07, 6.45) is 1.51. The first-order chi connectivity index (χ1) is 12.2. The number of amides is 1. The van der Waals surface area contributed by atoms with Crippen molar-refractivity contribution >= 4 is 11.7 Å². The predicted molar refractivity (Wildman–Crippen MR) is 92.8 cm³/mol. The lowest BCUT2D eigenvalue weighted by Crippen LogP contribution is -2.13. The number of carbonyl (C=O) groups excluding carboxylic acids is 1. The molecular weight excluding hydrogens is 320 g/mol. The standard InChI is InChI=1S/C18H16N4O3/c1-24-14-5-3-12(4-6-14)15-7-8-16(22-21-15)20-18(23)13-9-10-19-17(11-13)25-2/h3-11H,1-2H3,(H,20,22,23). The SMILES string of the molecule is COc1ccc(-c2ccc(NC(=O)c3ccnc(OC)c3)nn2)cc1. The molecule has 7 heteroatoms. The molecule has 1 aromatic carbocycles. The van der Waals surface area contributed by atoms with Gasteiger partial charge >= 0.3 is 0 Å². The summed E-state index contributed by atoms with van der Waals surface area (Å²) in [6, 6.07) is 14.1. The van der Waals surface area contributed by atoms with Crippen LogP contribution < -0.4 is 14.8 Å². The molecule has 0 aliphatic carbocycles. The highest BCUT2D eigenvalue weighted by Gasteiger charge is 2.09. The van der Waals surface area contributed by atoms with Crippen molar-refractivity contribution in [2.45, 2.75) is 0 Å². The number of methoxy groups -OCH3 is 2. The highest BCUT2D eigenvalue weighted by molar-refractivity contribution is 6.03. The van der Waals surface area contributed by atoms with E-state index in [-0.39, 0.29) is 5.91 Å². The van der Waals surface area contributed by atoms with E-state index in [4.69, 9.17) is 9.47 Å². The first-order valence-electron chi connectivity index (χ1n) is 7.49. The van der Waals surface area contributed by atoms with E-state index in [0.29, 0.717) is 23.0 Å². The van der Waals surface area contributed by atoms with Crippen LogP contribution >= 0.6 is 0 Å². The number of hydrogen-bond acceptors (Lipinski definition) is 6. The third kappa shape index (κ3) is 3.89. The molecule has 2 aromatic heterocycles. The number of carbonyl (C=O) groups is 1. The largest absolute Gasteiger partial charge is 0.497 e. The molecule has 7 nitrogen and oxygen atoms in total. The maximum Gasteiger partial charge on any atom is 0.257 e. The second kappa shape index (κ2) is 7.39. The Balaban J connectivity index is 1.72. The van der Waals surface area contributed by atoms with Gasteiger partial charge in [0.25, 0.3) is 5.91 Å². The molecular formula is C18H16N4O3. The summed E-state index contributed by atoms with van der Waals surface area (Å²) in [5.41, 5.74) is 2.03. The van der Waals surface area contributed by atoms with Crippen molar-refractivity contribution in [3.63, 3.8) is 0 Å². The van der Waals surface area contributed by atoms with Gasteiger partial charge in [-0.05, 0) is 42.5 Å². The number of pyridine rings is 1. The van der Waals surface area contributed by atoms with Crippen molar-refractivity contribution in [1.29, 1.82) is 0 Å². The van der Waals surface area contributed by atoms with E-state index in [9.17, 15) is 4.79 Å². The summed E-state index contributed by atoms with van der Waals surface area (Å²) in [5.74, 6) is 1.19. The molecule has 0 atom stereocenters. The molecule has 1 amide bonds. The van der Waals surface area contributed by atoms with Crippen molar-refractivity contribution in [2.24, 2.45) is 0 Å². The first-order valence-corrected chi connectivity index (χ1v) is 7.49. The van der Waals surface area contributed by atoms with Gasteiger partial charge in [0.2, 0.25) is 5.88 Å². The summed E-state index contributed by atoms with van der Waals surface area (Å²) in [4.78, 5) is 16.2. The summed E-state index contributed by atoms with van der Waals surface area (Å²) in [6.45, 7) is 0. The smallest absolute Gasteiger partial charge is 0.257 e. The van der Waals surface area contributed by atoms with Crippen molar-refractivity contribution in [1.82, 2.24) is 15.2 Å². The van der Waals surface area contributed by atoms with E-state index >= 15 is 0 Å². The Bertz CT molecular complexity index is 864. The van der Waals surface area contributed by atoms with Gasteiger partial charge in [0.05, 0.1) is 19.9 Å². The molecule has 0 unspecified atom stereocenters. The van der Waals surface area contributed by atoms with Crippen LogP contribution in [0.5, 0.6) is 11.6 Å². The van der Waals surface area contributed by atoms with Crippen LogP contribution in [-0.4, -0.2) is 35.3 Å². The number of aromatic nitrogens is 3. The minimum atomic E-state index is -0.313. The molecule has 0 saturated carbocycles. The normalized spacial score (nSPS) is 10.2. The van der Waals surface area contributed by atoms with Crippen LogP contribution in [0.2, 0.25) is 0 Å². The Morgan fingerprint density at radius 3 is 2.40 bits per heavy atom. The van der Waals surface area contributed by atoms with Gasteiger partial charge in [-0.2, -0.15) is 0 Å². The van der Waals surface area contributed by atoms with Crippen LogP contribution in [0.25, 0.3) is 11.3 Å². The van der Waals surface area contributed by atoms with E-state index in [1.54, 1.807) is 31.4 Å². The fraction of sp³-hybridized carbons (Fsp3) is 0.111. The van der Waals surface area contributed by atoms with E-state index in [1.807, 2.05) is 24.3 Å². The summed E-state index contributed by atoms with van der Waals surface area (Å²) < 4.78 is 10.1. The van der Waals surface area contributed by atoms with Gasteiger partial charge in [-0.3, -0.25) is 4.79 Å². The zero-order valence-electron chi connectivity index (χ0n) is 13.8. The van der Waals surface area contributed by atoms with E-state index in [1.165, 1.54) is 13.3 Å². The Labute approximate surface area is 144 Å². The predicted octanol–water partition coefficient (Wildman–Crippen LogP) is 2.81. The van der Waals surface area contributed by atoms with Gasteiger partial charge in [-0.25, -0.2) is 4.98 Å². The molecule has 0 spiro atoms. The number of hydrogen-bond donors (Lipinski definition) is 1. The van der Waals surface area contributed by atoms with Gasteiger partial charge in [-0.1, -0.05) is 0 Å². The average molecular weight is 336 g/mol. The summed E-state index contributed by atoms with van der Waals surface area (Å²) >= 11 is 0. The Kier molecular flexibility index (Phi) is 4.84. The van der Waals surface area contributed by atoms with Crippen LogP contribution in [0.4, 0.5) is 5.82 Å². The average Bonchev–Trinajstić information content (AvgIpc) is 2.68. The lowest BCUT2D eigenvalue weighted by atomic mass is 10.1. The number of benzene rings is 1. The van der Waals surface area contributed by atoms with Crippen molar-refractivity contribution in [2.75, 3.05) is 19.5 Å². The molecule has 3 rings (SSSR count). The number of anilines is 1. The highest BCUT2D eigenvalue weighted by Crippen LogP contribution is 2.20. The molecule has 3 aromatic rings. The summed E-state index contributed by atoms with van der Waals surface area (Å²) in [5, 5.41) is 10.9.